The van der Waals surface area contributed by atoms with Crippen molar-refractivity contribution >= 4 is 17.2 Å². The quantitative estimate of drug-likeness (QED) is 0.920. The molecule has 3 heterocycles. The number of carbonyl (C=O) groups is 1. The van der Waals surface area contributed by atoms with Crippen LogP contribution >= 0.6 is 11.3 Å². The van der Waals surface area contributed by atoms with Crippen molar-refractivity contribution in [3.05, 3.63) is 29.5 Å². The van der Waals surface area contributed by atoms with E-state index in [2.05, 4.69) is 17.2 Å². The fourth-order valence-corrected chi connectivity index (χ4v) is 3.58. The van der Waals surface area contributed by atoms with Gasteiger partial charge in [-0.3, -0.25) is 4.79 Å². The van der Waals surface area contributed by atoms with Crippen LogP contribution < -0.4 is 5.32 Å². The molecule has 1 N–H and O–H groups in total. The topological polar surface area (TPSA) is 58.4 Å². The number of carbonyl (C=O) groups excluding carboxylic acids is 1. The van der Waals surface area contributed by atoms with Crippen molar-refractivity contribution in [3.8, 4) is 10.8 Å². The van der Waals surface area contributed by atoms with Crippen LogP contribution in [0.15, 0.2) is 29.0 Å². The number of rotatable bonds is 5. The summed E-state index contributed by atoms with van der Waals surface area (Å²) in [6, 6.07) is 3.69. The molecule has 22 heavy (non-hydrogen) atoms. The zero-order chi connectivity index (χ0) is 15.4. The van der Waals surface area contributed by atoms with Crippen molar-refractivity contribution in [1.29, 1.82) is 0 Å². The molecular weight excluding hydrogens is 298 g/mol. The molecule has 2 aromatic rings. The molecule has 0 atom stereocenters. The van der Waals surface area contributed by atoms with Gasteiger partial charge in [0, 0.05) is 13.1 Å². The largest absolute Gasteiger partial charge is 0.462 e. The summed E-state index contributed by atoms with van der Waals surface area (Å²) in [4.78, 5) is 19.5. The SMILES string of the molecule is CCNCC1CCN(C(=O)c2cnc(-c3ccco3)s2)CC1. The Morgan fingerprint density at radius 2 is 2.32 bits per heavy atom. The number of thiazole rings is 1. The molecule has 1 aliphatic rings. The number of piperidine rings is 1. The predicted molar refractivity (Wildman–Crippen MR) is 87.0 cm³/mol. The lowest BCUT2D eigenvalue weighted by atomic mass is 9.96. The first-order chi connectivity index (χ1) is 10.8. The molecule has 1 fully saturated rings. The van der Waals surface area contributed by atoms with Crippen LogP contribution in [0.1, 0.15) is 29.4 Å². The number of likely N-dealkylation sites (tertiary alicyclic amines) is 1. The summed E-state index contributed by atoms with van der Waals surface area (Å²) in [5.74, 6) is 1.50. The summed E-state index contributed by atoms with van der Waals surface area (Å²) in [6.07, 6.45) is 5.42. The lowest BCUT2D eigenvalue weighted by molar-refractivity contribution is 0.0695. The molecule has 0 saturated carbocycles. The highest BCUT2D eigenvalue weighted by molar-refractivity contribution is 7.16. The second kappa shape index (κ2) is 7.07. The van der Waals surface area contributed by atoms with Crippen LogP contribution in [0.25, 0.3) is 10.8 Å². The van der Waals surface area contributed by atoms with Crippen molar-refractivity contribution in [1.82, 2.24) is 15.2 Å². The molecular formula is C16H21N3O2S. The highest BCUT2D eigenvalue weighted by atomic mass is 32.1. The third kappa shape index (κ3) is 3.39. The average Bonchev–Trinajstić information content (AvgIpc) is 3.23. The lowest BCUT2D eigenvalue weighted by Gasteiger charge is -2.31. The van der Waals surface area contributed by atoms with Crippen molar-refractivity contribution in [2.45, 2.75) is 19.8 Å². The Balaban J connectivity index is 1.58. The number of amides is 1. The van der Waals surface area contributed by atoms with Crippen molar-refractivity contribution in [3.63, 3.8) is 0 Å². The van der Waals surface area contributed by atoms with E-state index in [1.807, 2.05) is 17.0 Å². The van der Waals surface area contributed by atoms with Crippen LogP contribution in [-0.2, 0) is 0 Å². The lowest BCUT2D eigenvalue weighted by Crippen LogP contribution is -2.40. The summed E-state index contributed by atoms with van der Waals surface area (Å²) in [5, 5.41) is 4.15. The van der Waals surface area contributed by atoms with Gasteiger partial charge in [-0.1, -0.05) is 6.92 Å². The normalized spacial score (nSPS) is 16.1. The number of furan rings is 1. The van der Waals surface area contributed by atoms with Gasteiger partial charge in [-0.25, -0.2) is 4.98 Å². The Bertz CT molecular complexity index is 601. The second-order valence-electron chi connectivity index (χ2n) is 5.55. The van der Waals surface area contributed by atoms with Gasteiger partial charge in [-0.2, -0.15) is 0 Å². The van der Waals surface area contributed by atoms with Crippen LogP contribution in [0.3, 0.4) is 0 Å². The number of hydrogen-bond donors (Lipinski definition) is 1. The molecule has 1 amide bonds. The van der Waals surface area contributed by atoms with Gasteiger partial charge in [0.25, 0.3) is 5.91 Å². The zero-order valence-corrected chi connectivity index (χ0v) is 13.6. The standard InChI is InChI=1S/C16H21N3O2S/c1-2-17-10-12-5-7-19(8-6-12)16(20)14-11-18-15(22-14)13-4-3-9-21-13/h3-4,9,11-12,17H,2,5-8,10H2,1H3. The number of hydrogen-bond acceptors (Lipinski definition) is 5. The van der Waals surface area contributed by atoms with Gasteiger partial charge in [0.05, 0.1) is 12.5 Å². The molecule has 0 aromatic carbocycles. The van der Waals surface area contributed by atoms with E-state index in [0.29, 0.717) is 16.6 Å². The number of aromatic nitrogens is 1. The third-order valence-electron chi connectivity index (χ3n) is 4.03. The maximum Gasteiger partial charge on any atom is 0.265 e. The minimum Gasteiger partial charge on any atom is -0.462 e. The molecule has 2 aromatic heterocycles. The molecule has 0 radical (unpaired) electrons. The molecule has 0 spiro atoms. The van der Waals surface area contributed by atoms with Crippen molar-refractivity contribution in [2.75, 3.05) is 26.2 Å². The minimum absolute atomic E-state index is 0.0946. The first-order valence-corrected chi connectivity index (χ1v) is 8.59. The van der Waals surface area contributed by atoms with Gasteiger partial charge in [0.2, 0.25) is 0 Å². The maximum absolute atomic E-state index is 12.6. The molecule has 5 nitrogen and oxygen atoms in total. The average molecular weight is 319 g/mol. The van der Waals surface area contributed by atoms with Gasteiger partial charge in [0.15, 0.2) is 10.8 Å². The summed E-state index contributed by atoms with van der Waals surface area (Å²) in [7, 11) is 0. The van der Waals surface area contributed by atoms with Crippen molar-refractivity contribution < 1.29 is 9.21 Å². The number of nitrogens with one attached hydrogen (secondary N) is 1. The van der Waals surface area contributed by atoms with E-state index in [9.17, 15) is 4.79 Å². The molecule has 0 unspecified atom stereocenters. The third-order valence-corrected chi connectivity index (χ3v) is 5.03. The zero-order valence-electron chi connectivity index (χ0n) is 12.7. The summed E-state index contributed by atoms with van der Waals surface area (Å²) >= 11 is 1.40. The van der Waals surface area contributed by atoms with Gasteiger partial charge < -0.3 is 14.6 Å². The predicted octanol–water partition coefficient (Wildman–Crippen LogP) is 2.86. The molecule has 1 aliphatic heterocycles. The maximum atomic E-state index is 12.6. The van der Waals surface area contributed by atoms with Gasteiger partial charge >= 0.3 is 0 Å². The fourth-order valence-electron chi connectivity index (χ4n) is 2.73. The molecule has 0 aliphatic carbocycles. The highest BCUT2D eigenvalue weighted by Crippen LogP contribution is 2.27. The Morgan fingerprint density at radius 1 is 1.50 bits per heavy atom. The smallest absolute Gasteiger partial charge is 0.265 e. The molecule has 118 valence electrons. The van der Waals surface area contributed by atoms with Crippen LogP contribution in [0, 0.1) is 5.92 Å². The monoisotopic (exact) mass is 319 g/mol. The van der Waals surface area contributed by atoms with E-state index < -0.39 is 0 Å². The minimum atomic E-state index is 0.0946. The summed E-state index contributed by atoms with van der Waals surface area (Å²) in [5.41, 5.74) is 0. The molecule has 1 saturated heterocycles. The van der Waals surface area contributed by atoms with Gasteiger partial charge in [-0.05, 0) is 44.0 Å². The summed E-state index contributed by atoms with van der Waals surface area (Å²) < 4.78 is 5.33. The van der Waals surface area contributed by atoms with Crippen LogP contribution in [0.2, 0.25) is 0 Å². The Morgan fingerprint density at radius 3 is 3.00 bits per heavy atom. The van der Waals surface area contributed by atoms with Gasteiger partial charge in [0.1, 0.15) is 4.88 Å². The van der Waals surface area contributed by atoms with Crippen molar-refractivity contribution in [2.24, 2.45) is 5.92 Å². The first-order valence-electron chi connectivity index (χ1n) is 7.77. The van der Waals surface area contributed by atoms with Gasteiger partial charge in [-0.15, -0.1) is 11.3 Å². The van der Waals surface area contributed by atoms with E-state index in [-0.39, 0.29) is 5.91 Å². The van der Waals surface area contributed by atoms with E-state index in [1.165, 1.54) is 11.3 Å². The fraction of sp³-hybridized carbons (Fsp3) is 0.500. The van der Waals surface area contributed by atoms with E-state index in [1.54, 1.807) is 12.5 Å². The Kier molecular flexibility index (Phi) is 4.90. The molecule has 6 heteroatoms. The highest BCUT2D eigenvalue weighted by Gasteiger charge is 2.25. The Labute approximate surface area is 134 Å². The van der Waals surface area contributed by atoms with E-state index in [4.69, 9.17) is 4.42 Å². The van der Waals surface area contributed by atoms with E-state index >= 15 is 0 Å². The Hall–Kier alpha value is -1.66. The molecule has 0 bridgehead atoms. The van der Waals surface area contributed by atoms with Crippen LogP contribution in [0.5, 0.6) is 0 Å². The summed E-state index contributed by atoms with van der Waals surface area (Å²) in [6.45, 7) is 5.86. The first kappa shape index (κ1) is 15.2. The molecule has 3 rings (SSSR count). The van der Waals surface area contributed by atoms with E-state index in [0.717, 1.165) is 44.0 Å². The van der Waals surface area contributed by atoms with Crippen LogP contribution in [0.4, 0.5) is 0 Å². The second-order valence-corrected chi connectivity index (χ2v) is 6.58. The van der Waals surface area contributed by atoms with Crippen LogP contribution in [-0.4, -0.2) is 42.0 Å². The number of nitrogens with zero attached hydrogens (tertiary/aromatic N) is 2.